The van der Waals surface area contributed by atoms with Crippen molar-refractivity contribution in [3.63, 3.8) is 0 Å². The van der Waals surface area contributed by atoms with Gasteiger partial charge in [0.15, 0.2) is 0 Å². The fourth-order valence-electron chi connectivity index (χ4n) is 1.19. The number of hydrogen-bond acceptors (Lipinski definition) is 5. The molecular weight excluding hydrogens is 238 g/mol. The summed E-state index contributed by atoms with van der Waals surface area (Å²) >= 11 is 4.84. The lowest BCUT2D eigenvalue weighted by atomic mass is 10.3. The highest BCUT2D eigenvalue weighted by Crippen LogP contribution is 2.04. The zero-order valence-electron chi connectivity index (χ0n) is 9.78. The van der Waals surface area contributed by atoms with E-state index in [0.717, 1.165) is 5.69 Å². The van der Waals surface area contributed by atoms with Gasteiger partial charge in [-0.15, -0.1) is 0 Å². The third-order valence-electron chi connectivity index (χ3n) is 1.89. The molecule has 0 bridgehead atoms. The molecule has 1 heterocycles. The third-order valence-corrected chi connectivity index (χ3v) is 2.10. The van der Waals surface area contributed by atoms with Crippen LogP contribution < -0.4 is 16.4 Å². The van der Waals surface area contributed by atoms with Gasteiger partial charge in [0.25, 0.3) is 0 Å². The van der Waals surface area contributed by atoms with E-state index in [1.807, 2.05) is 6.92 Å². The number of nitrogens with zero attached hydrogens (tertiary/aromatic N) is 2. The Morgan fingerprint density at radius 1 is 1.53 bits per heavy atom. The maximum absolute atomic E-state index is 11.2. The summed E-state index contributed by atoms with van der Waals surface area (Å²) in [5.74, 6) is 0.230. The molecule has 1 rings (SSSR count). The maximum atomic E-state index is 11.2. The van der Waals surface area contributed by atoms with Gasteiger partial charge in [0.05, 0.1) is 6.54 Å². The van der Waals surface area contributed by atoms with Crippen LogP contribution in [0.25, 0.3) is 0 Å². The molecule has 0 spiro atoms. The number of amides is 1. The summed E-state index contributed by atoms with van der Waals surface area (Å²) in [5, 5.41) is 5.48. The summed E-state index contributed by atoms with van der Waals surface area (Å²) < 4.78 is 0. The molecule has 6 nitrogen and oxygen atoms in total. The molecule has 4 N–H and O–H groups in total. The van der Waals surface area contributed by atoms with Crippen molar-refractivity contribution in [2.45, 2.75) is 13.8 Å². The molecule has 0 fully saturated rings. The van der Waals surface area contributed by atoms with Crippen molar-refractivity contribution in [2.75, 3.05) is 18.4 Å². The first-order chi connectivity index (χ1) is 8.02. The smallest absolute Gasteiger partial charge is 0.239 e. The van der Waals surface area contributed by atoms with Crippen LogP contribution in [0.2, 0.25) is 0 Å². The van der Waals surface area contributed by atoms with Gasteiger partial charge in [-0.05, 0) is 19.9 Å². The molecule has 1 aromatic heterocycles. The van der Waals surface area contributed by atoms with E-state index in [2.05, 4.69) is 20.6 Å². The predicted molar refractivity (Wildman–Crippen MR) is 69.8 cm³/mol. The number of nitrogens with one attached hydrogen (secondary N) is 2. The van der Waals surface area contributed by atoms with Gasteiger partial charge in [0.2, 0.25) is 11.9 Å². The van der Waals surface area contributed by atoms with E-state index in [0.29, 0.717) is 18.2 Å². The van der Waals surface area contributed by atoms with Crippen molar-refractivity contribution >= 4 is 29.1 Å². The lowest BCUT2D eigenvalue weighted by molar-refractivity contribution is -0.119. The fraction of sp³-hybridized carbons (Fsp3) is 0.400. The Bertz CT molecular complexity index is 435. The van der Waals surface area contributed by atoms with Crippen molar-refractivity contribution in [3.05, 3.63) is 17.5 Å². The number of rotatable bonds is 5. The summed E-state index contributed by atoms with van der Waals surface area (Å²) in [5.41, 5.74) is 6.72. The molecule has 0 aliphatic heterocycles. The van der Waals surface area contributed by atoms with Crippen LogP contribution in [0.5, 0.6) is 0 Å². The molecule has 0 aliphatic rings. The highest BCUT2D eigenvalue weighted by Gasteiger charge is 2.05. The van der Waals surface area contributed by atoms with Crippen LogP contribution >= 0.6 is 12.2 Å². The SMILES string of the molecule is CCNC(=O)CNc1nc(C)cc(C(N)=S)n1. The monoisotopic (exact) mass is 253 g/mol. The normalized spacial score (nSPS) is 9.76. The first-order valence-corrected chi connectivity index (χ1v) is 5.59. The summed E-state index contributed by atoms with van der Waals surface area (Å²) in [6, 6.07) is 1.69. The minimum atomic E-state index is -0.116. The molecule has 0 aromatic carbocycles. The van der Waals surface area contributed by atoms with E-state index in [1.54, 1.807) is 13.0 Å². The van der Waals surface area contributed by atoms with E-state index in [4.69, 9.17) is 18.0 Å². The second kappa shape index (κ2) is 6.09. The van der Waals surface area contributed by atoms with Crippen molar-refractivity contribution in [1.82, 2.24) is 15.3 Å². The highest BCUT2D eigenvalue weighted by molar-refractivity contribution is 7.80. The van der Waals surface area contributed by atoms with Gasteiger partial charge in [0.1, 0.15) is 10.7 Å². The summed E-state index contributed by atoms with van der Waals surface area (Å²) in [6.07, 6.45) is 0. The number of likely N-dealkylation sites (N-methyl/N-ethyl adjacent to an activating group) is 1. The van der Waals surface area contributed by atoms with E-state index in [1.165, 1.54) is 0 Å². The molecule has 1 amide bonds. The number of carbonyl (C=O) groups is 1. The summed E-state index contributed by atoms with van der Waals surface area (Å²) in [6.45, 7) is 4.37. The number of thiocarbonyl (C=S) groups is 1. The quantitative estimate of drug-likeness (QED) is 0.638. The molecule has 0 unspecified atom stereocenters. The van der Waals surface area contributed by atoms with Crippen molar-refractivity contribution in [1.29, 1.82) is 0 Å². The Balaban J connectivity index is 2.71. The standard InChI is InChI=1S/C10H15N5OS/c1-3-12-8(16)5-13-10-14-6(2)4-7(15-10)9(11)17/h4H,3,5H2,1-2H3,(H2,11,17)(H,12,16)(H,13,14,15). The van der Waals surface area contributed by atoms with Crippen molar-refractivity contribution in [2.24, 2.45) is 5.73 Å². The average Bonchev–Trinajstić information content (AvgIpc) is 2.26. The fourth-order valence-corrected chi connectivity index (χ4v) is 1.30. The van der Waals surface area contributed by atoms with Crippen molar-refractivity contribution < 1.29 is 4.79 Å². The Hall–Kier alpha value is -1.76. The summed E-state index contributed by atoms with van der Waals surface area (Å²) in [4.78, 5) is 19.7. The molecule has 0 atom stereocenters. The van der Waals surface area contributed by atoms with Gasteiger partial charge in [-0.1, -0.05) is 12.2 Å². The Kier molecular flexibility index (Phi) is 4.77. The van der Waals surface area contributed by atoms with Crippen LogP contribution in [-0.2, 0) is 4.79 Å². The third kappa shape index (κ3) is 4.31. The van der Waals surface area contributed by atoms with Gasteiger partial charge in [-0.25, -0.2) is 9.97 Å². The van der Waals surface area contributed by atoms with Gasteiger partial charge in [-0.2, -0.15) is 0 Å². The summed E-state index contributed by atoms with van der Waals surface area (Å²) in [7, 11) is 0. The molecular formula is C10H15N5OS. The lowest BCUT2D eigenvalue weighted by Crippen LogP contribution is -2.30. The average molecular weight is 253 g/mol. The largest absolute Gasteiger partial charge is 0.388 e. The second-order valence-corrected chi connectivity index (χ2v) is 3.83. The van der Waals surface area contributed by atoms with Gasteiger partial charge >= 0.3 is 0 Å². The molecule has 0 aliphatic carbocycles. The van der Waals surface area contributed by atoms with Gasteiger partial charge < -0.3 is 16.4 Å². The topological polar surface area (TPSA) is 92.9 Å². The molecule has 0 saturated carbocycles. The van der Waals surface area contributed by atoms with Crippen LogP contribution in [0.15, 0.2) is 6.07 Å². The first-order valence-electron chi connectivity index (χ1n) is 5.19. The number of nitrogens with two attached hydrogens (primary N) is 1. The van der Waals surface area contributed by atoms with Crippen molar-refractivity contribution in [3.8, 4) is 0 Å². The number of aryl methyl sites for hydroxylation is 1. The molecule has 7 heteroatoms. The molecule has 17 heavy (non-hydrogen) atoms. The van der Waals surface area contributed by atoms with E-state index < -0.39 is 0 Å². The number of aromatic nitrogens is 2. The zero-order valence-corrected chi connectivity index (χ0v) is 10.6. The maximum Gasteiger partial charge on any atom is 0.239 e. The van der Waals surface area contributed by atoms with Crippen LogP contribution in [0, 0.1) is 6.92 Å². The molecule has 0 saturated heterocycles. The lowest BCUT2D eigenvalue weighted by Gasteiger charge is -2.07. The minimum Gasteiger partial charge on any atom is -0.388 e. The second-order valence-electron chi connectivity index (χ2n) is 3.39. The Morgan fingerprint density at radius 3 is 2.82 bits per heavy atom. The Labute approximate surface area is 105 Å². The van der Waals surface area contributed by atoms with E-state index in [-0.39, 0.29) is 17.4 Å². The van der Waals surface area contributed by atoms with Gasteiger partial charge in [-0.3, -0.25) is 4.79 Å². The van der Waals surface area contributed by atoms with Crippen LogP contribution in [0.3, 0.4) is 0 Å². The van der Waals surface area contributed by atoms with E-state index >= 15 is 0 Å². The van der Waals surface area contributed by atoms with Crippen LogP contribution in [0.4, 0.5) is 5.95 Å². The first kappa shape index (κ1) is 13.3. The zero-order chi connectivity index (χ0) is 12.8. The number of carbonyl (C=O) groups excluding carboxylic acids is 1. The highest BCUT2D eigenvalue weighted by atomic mass is 32.1. The molecule has 1 aromatic rings. The predicted octanol–water partition coefficient (Wildman–Crippen LogP) is -0.0328. The molecule has 0 radical (unpaired) electrons. The van der Waals surface area contributed by atoms with Crippen LogP contribution in [0.1, 0.15) is 18.3 Å². The Morgan fingerprint density at radius 2 is 2.24 bits per heavy atom. The van der Waals surface area contributed by atoms with E-state index in [9.17, 15) is 4.79 Å². The van der Waals surface area contributed by atoms with Crippen LogP contribution in [-0.4, -0.2) is 34.0 Å². The minimum absolute atomic E-state index is 0.116. The number of anilines is 1. The molecule has 92 valence electrons. The van der Waals surface area contributed by atoms with Gasteiger partial charge in [0, 0.05) is 12.2 Å². The number of hydrogen-bond donors (Lipinski definition) is 3.